The Morgan fingerprint density at radius 3 is 2.36 bits per heavy atom. The Morgan fingerprint density at radius 2 is 1.64 bits per heavy atom. The zero-order valence-electron chi connectivity index (χ0n) is 8.67. The Hall–Kier alpha value is -0.590. The van der Waals surface area contributed by atoms with E-state index < -0.39 is 0 Å². The zero-order valence-corrected chi connectivity index (χ0v) is 8.67. The highest BCUT2D eigenvalue weighted by molar-refractivity contribution is 6.00. The van der Waals surface area contributed by atoms with Crippen molar-refractivity contribution in [2.45, 2.75) is 38.5 Å². The Labute approximate surface area is 85.6 Å². The lowest BCUT2D eigenvalue weighted by Crippen LogP contribution is -2.33. The molecule has 76 valence electrons. The van der Waals surface area contributed by atoms with Gasteiger partial charge in [-0.2, -0.15) is 0 Å². The number of hydrogen-bond donors (Lipinski definition) is 0. The second kappa shape index (κ2) is 2.95. The van der Waals surface area contributed by atoms with E-state index in [-0.39, 0.29) is 0 Å². The van der Waals surface area contributed by atoms with Gasteiger partial charge in [0, 0.05) is 5.92 Å². The van der Waals surface area contributed by atoms with Gasteiger partial charge in [0.15, 0.2) is 5.78 Å². The molecule has 3 rings (SSSR count). The number of rotatable bonds is 0. The zero-order chi connectivity index (χ0) is 9.71. The van der Waals surface area contributed by atoms with Crippen LogP contribution in [0.15, 0.2) is 12.2 Å². The minimum atomic E-state index is 0.381. The quantitative estimate of drug-likeness (QED) is 0.537. The lowest BCUT2D eigenvalue weighted by Gasteiger charge is -2.39. The van der Waals surface area contributed by atoms with E-state index in [0.29, 0.717) is 23.5 Å². The minimum absolute atomic E-state index is 0.381. The van der Waals surface area contributed by atoms with E-state index in [2.05, 4.69) is 6.58 Å². The number of carbonyl (C=O) groups excluding carboxylic acids is 1. The molecule has 0 spiro atoms. The predicted octanol–water partition coefficient (Wildman–Crippen LogP) is 2.96. The van der Waals surface area contributed by atoms with Crippen LogP contribution in [0.25, 0.3) is 0 Å². The molecule has 3 aliphatic carbocycles. The number of hydrogen-bond acceptors (Lipinski definition) is 1. The van der Waals surface area contributed by atoms with Gasteiger partial charge in [0.05, 0.1) is 0 Å². The largest absolute Gasteiger partial charge is 0.294 e. The molecule has 4 unspecified atom stereocenters. The van der Waals surface area contributed by atoms with Crippen LogP contribution in [0, 0.1) is 23.7 Å². The summed E-state index contributed by atoms with van der Waals surface area (Å²) in [5.41, 5.74) is 0.978. The molecule has 0 bridgehead atoms. The summed E-state index contributed by atoms with van der Waals surface area (Å²) in [5, 5.41) is 0. The summed E-state index contributed by atoms with van der Waals surface area (Å²) in [4.78, 5) is 12.0. The maximum atomic E-state index is 12.0. The number of allylic oxidation sites excluding steroid dienone is 1. The number of ketones is 1. The van der Waals surface area contributed by atoms with Crippen LogP contribution < -0.4 is 0 Å². The van der Waals surface area contributed by atoms with Gasteiger partial charge < -0.3 is 0 Å². The van der Waals surface area contributed by atoms with Crippen LogP contribution >= 0.6 is 0 Å². The summed E-state index contributed by atoms with van der Waals surface area (Å²) in [6, 6.07) is 0. The fourth-order valence-corrected chi connectivity index (χ4v) is 4.18. The summed E-state index contributed by atoms with van der Waals surface area (Å²) in [6.45, 7) is 4.03. The molecule has 4 atom stereocenters. The van der Waals surface area contributed by atoms with Gasteiger partial charge in [-0.3, -0.25) is 4.79 Å². The second-order valence-electron chi connectivity index (χ2n) is 5.30. The molecule has 1 heteroatoms. The second-order valence-corrected chi connectivity index (χ2v) is 5.30. The number of carbonyl (C=O) groups is 1. The molecule has 0 amide bonds. The molecule has 0 aliphatic heterocycles. The number of Topliss-reactive ketones (excluding diaryl/α,β-unsaturated/α-hetero) is 1. The molecule has 3 fully saturated rings. The highest BCUT2D eigenvalue weighted by atomic mass is 16.1. The highest BCUT2D eigenvalue weighted by Crippen LogP contribution is 2.54. The van der Waals surface area contributed by atoms with E-state index in [9.17, 15) is 4.79 Å². The van der Waals surface area contributed by atoms with Crippen molar-refractivity contribution < 1.29 is 4.79 Å². The van der Waals surface area contributed by atoms with E-state index in [1.807, 2.05) is 0 Å². The van der Waals surface area contributed by atoms with Gasteiger partial charge in [-0.05, 0) is 36.2 Å². The SMILES string of the molecule is C=C1C(=O)C2CCCC3CCCC1C32. The van der Waals surface area contributed by atoms with Gasteiger partial charge in [0.2, 0.25) is 0 Å². The summed E-state index contributed by atoms with van der Waals surface area (Å²) < 4.78 is 0. The molecular formula is C13H18O. The normalized spacial score (nSPS) is 46.6. The van der Waals surface area contributed by atoms with Gasteiger partial charge in [0.25, 0.3) is 0 Å². The summed E-state index contributed by atoms with van der Waals surface area (Å²) in [6.07, 6.45) is 7.73. The molecular weight excluding hydrogens is 172 g/mol. The van der Waals surface area contributed by atoms with Crippen LogP contribution in [0.2, 0.25) is 0 Å². The average molecular weight is 190 g/mol. The first-order chi connectivity index (χ1) is 6.79. The predicted molar refractivity (Wildman–Crippen MR) is 55.8 cm³/mol. The van der Waals surface area contributed by atoms with E-state index in [0.717, 1.165) is 17.9 Å². The smallest absolute Gasteiger partial charge is 0.161 e. The first-order valence-electron chi connectivity index (χ1n) is 6.02. The van der Waals surface area contributed by atoms with Gasteiger partial charge >= 0.3 is 0 Å². The molecule has 14 heavy (non-hydrogen) atoms. The van der Waals surface area contributed by atoms with Crippen LogP contribution in [-0.4, -0.2) is 5.78 Å². The highest BCUT2D eigenvalue weighted by Gasteiger charge is 2.50. The standard InChI is InChI=1S/C13H18O/c1-8-10-6-2-4-9-5-3-7-11(12(9)10)13(8)14/h9-12H,1-7H2. The Kier molecular flexibility index (Phi) is 1.83. The monoisotopic (exact) mass is 190 g/mol. The Bertz CT molecular complexity index is 264. The van der Waals surface area contributed by atoms with E-state index in [1.54, 1.807) is 0 Å². The molecule has 0 heterocycles. The summed E-state index contributed by atoms with van der Waals surface area (Å²) in [5.74, 6) is 2.94. The van der Waals surface area contributed by atoms with Crippen LogP contribution in [0.1, 0.15) is 38.5 Å². The van der Waals surface area contributed by atoms with Gasteiger partial charge in [-0.15, -0.1) is 0 Å². The lowest BCUT2D eigenvalue weighted by atomic mass is 9.64. The third kappa shape index (κ3) is 0.986. The van der Waals surface area contributed by atoms with Crippen molar-refractivity contribution in [3.63, 3.8) is 0 Å². The maximum Gasteiger partial charge on any atom is 0.161 e. The van der Waals surface area contributed by atoms with Gasteiger partial charge in [-0.1, -0.05) is 32.3 Å². The minimum Gasteiger partial charge on any atom is -0.294 e. The van der Waals surface area contributed by atoms with Gasteiger partial charge in [-0.25, -0.2) is 0 Å². The van der Waals surface area contributed by atoms with Crippen LogP contribution in [-0.2, 0) is 4.79 Å². The van der Waals surface area contributed by atoms with Crippen molar-refractivity contribution >= 4 is 5.78 Å². The Morgan fingerprint density at radius 1 is 1.00 bits per heavy atom. The maximum absolute atomic E-state index is 12.0. The van der Waals surface area contributed by atoms with Crippen molar-refractivity contribution in [2.75, 3.05) is 0 Å². The first-order valence-corrected chi connectivity index (χ1v) is 6.02. The average Bonchev–Trinajstić information content (AvgIpc) is 2.47. The molecule has 0 aromatic rings. The van der Waals surface area contributed by atoms with Crippen molar-refractivity contribution in [1.29, 1.82) is 0 Å². The third-order valence-corrected chi connectivity index (χ3v) is 4.75. The third-order valence-electron chi connectivity index (χ3n) is 4.75. The van der Waals surface area contributed by atoms with E-state index in [4.69, 9.17) is 0 Å². The molecule has 0 radical (unpaired) electrons. The molecule has 1 nitrogen and oxygen atoms in total. The lowest BCUT2D eigenvalue weighted by molar-refractivity contribution is -0.120. The summed E-state index contributed by atoms with van der Waals surface area (Å²) >= 11 is 0. The summed E-state index contributed by atoms with van der Waals surface area (Å²) in [7, 11) is 0. The van der Waals surface area contributed by atoms with Crippen molar-refractivity contribution in [3.8, 4) is 0 Å². The van der Waals surface area contributed by atoms with Crippen molar-refractivity contribution in [3.05, 3.63) is 12.2 Å². The van der Waals surface area contributed by atoms with Crippen LogP contribution in [0.3, 0.4) is 0 Å². The molecule has 0 N–H and O–H groups in total. The molecule has 0 saturated heterocycles. The molecule has 3 aliphatic rings. The fourth-order valence-electron chi connectivity index (χ4n) is 4.18. The van der Waals surface area contributed by atoms with Crippen molar-refractivity contribution in [2.24, 2.45) is 23.7 Å². The topological polar surface area (TPSA) is 17.1 Å². The first kappa shape index (κ1) is 8.70. The van der Waals surface area contributed by atoms with Crippen LogP contribution in [0.5, 0.6) is 0 Å². The fraction of sp³-hybridized carbons (Fsp3) is 0.769. The molecule has 0 aromatic heterocycles. The van der Waals surface area contributed by atoms with Crippen molar-refractivity contribution in [1.82, 2.24) is 0 Å². The van der Waals surface area contributed by atoms with E-state index in [1.165, 1.54) is 32.1 Å². The Balaban J connectivity index is 1.98. The molecule has 3 saturated carbocycles. The van der Waals surface area contributed by atoms with Gasteiger partial charge in [0.1, 0.15) is 0 Å². The molecule has 0 aromatic carbocycles. The van der Waals surface area contributed by atoms with E-state index >= 15 is 0 Å². The van der Waals surface area contributed by atoms with Crippen LogP contribution in [0.4, 0.5) is 0 Å².